The van der Waals surface area contributed by atoms with Gasteiger partial charge < -0.3 is 14.1 Å². The second-order valence-corrected chi connectivity index (χ2v) is 3.88. The van der Waals surface area contributed by atoms with Crippen LogP contribution in [0.5, 0.6) is 5.75 Å². The van der Waals surface area contributed by atoms with Crippen molar-refractivity contribution in [1.82, 2.24) is 9.97 Å². The Morgan fingerprint density at radius 2 is 2.26 bits per heavy atom. The molecular formula is C13H9FN2O3. The molecule has 0 aliphatic carbocycles. The molecular weight excluding hydrogens is 251 g/mol. The van der Waals surface area contributed by atoms with E-state index >= 15 is 0 Å². The molecule has 0 radical (unpaired) electrons. The van der Waals surface area contributed by atoms with E-state index in [4.69, 9.17) is 9.15 Å². The first-order valence-electron chi connectivity index (χ1n) is 5.51. The minimum absolute atomic E-state index is 0.0296. The Morgan fingerprint density at radius 3 is 3.00 bits per heavy atom. The molecule has 6 heteroatoms. The highest BCUT2D eigenvalue weighted by Gasteiger charge is 2.16. The van der Waals surface area contributed by atoms with Gasteiger partial charge >= 0.3 is 0 Å². The Kier molecular flexibility index (Phi) is 2.56. The molecule has 0 spiro atoms. The fraction of sp³-hybridized carbons (Fsp3) is 0.0769. The van der Waals surface area contributed by atoms with E-state index in [2.05, 4.69) is 9.97 Å². The molecule has 2 heterocycles. The number of methoxy groups -OCH3 is 1. The predicted molar refractivity (Wildman–Crippen MR) is 66.6 cm³/mol. The molecule has 0 saturated heterocycles. The normalized spacial score (nSPS) is 10.8. The highest BCUT2D eigenvalue weighted by atomic mass is 19.1. The lowest BCUT2D eigenvalue weighted by atomic mass is 10.2. The van der Waals surface area contributed by atoms with Crippen LogP contribution < -0.4 is 10.3 Å². The van der Waals surface area contributed by atoms with Gasteiger partial charge in [-0.2, -0.15) is 0 Å². The molecule has 0 aliphatic rings. The number of fused-ring (bicyclic) bond motifs is 1. The van der Waals surface area contributed by atoms with Gasteiger partial charge in [0.25, 0.3) is 5.56 Å². The highest BCUT2D eigenvalue weighted by Crippen LogP contribution is 2.31. The Hall–Kier alpha value is -2.63. The third-order valence-electron chi connectivity index (χ3n) is 2.74. The SMILES string of the molecule is COc1c(-c2cc3cccc(F)c3o2)nc[nH]c1=O. The Bertz CT molecular complexity index is 807. The van der Waals surface area contributed by atoms with Gasteiger partial charge in [0.15, 0.2) is 22.9 Å². The Labute approximate surface area is 106 Å². The van der Waals surface area contributed by atoms with Crippen molar-refractivity contribution >= 4 is 11.0 Å². The number of hydrogen-bond donors (Lipinski definition) is 1. The summed E-state index contributed by atoms with van der Waals surface area (Å²) < 4.78 is 24.0. The largest absolute Gasteiger partial charge is 0.489 e. The molecule has 3 rings (SSSR count). The number of aromatic amines is 1. The van der Waals surface area contributed by atoms with Crippen LogP contribution in [-0.4, -0.2) is 17.1 Å². The summed E-state index contributed by atoms with van der Waals surface area (Å²) in [6.07, 6.45) is 1.24. The number of benzene rings is 1. The van der Waals surface area contributed by atoms with Crippen LogP contribution in [-0.2, 0) is 0 Å². The number of para-hydroxylation sites is 1. The fourth-order valence-electron chi connectivity index (χ4n) is 1.90. The number of nitrogens with zero attached hydrogens (tertiary/aromatic N) is 1. The smallest absolute Gasteiger partial charge is 0.293 e. The van der Waals surface area contributed by atoms with E-state index < -0.39 is 11.4 Å². The molecule has 0 aliphatic heterocycles. The standard InChI is InChI=1S/C13H9FN2O3/c1-18-12-10(15-6-16-13(12)17)9-5-7-3-2-4-8(14)11(7)19-9/h2-6H,1H3,(H,15,16,17). The van der Waals surface area contributed by atoms with Crippen molar-refractivity contribution in [3.05, 3.63) is 46.8 Å². The van der Waals surface area contributed by atoms with Gasteiger partial charge in [0, 0.05) is 5.39 Å². The molecule has 0 bridgehead atoms. The van der Waals surface area contributed by atoms with Crippen molar-refractivity contribution in [1.29, 1.82) is 0 Å². The second kappa shape index (κ2) is 4.24. The van der Waals surface area contributed by atoms with Crippen LogP contribution in [0.1, 0.15) is 0 Å². The molecule has 96 valence electrons. The lowest BCUT2D eigenvalue weighted by Crippen LogP contribution is -2.10. The second-order valence-electron chi connectivity index (χ2n) is 3.88. The summed E-state index contributed by atoms with van der Waals surface area (Å²) in [6, 6.07) is 6.21. The molecule has 19 heavy (non-hydrogen) atoms. The molecule has 0 atom stereocenters. The summed E-state index contributed by atoms with van der Waals surface area (Å²) >= 11 is 0. The maximum absolute atomic E-state index is 13.6. The maximum Gasteiger partial charge on any atom is 0.293 e. The van der Waals surface area contributed by atoms with E-state index in [1.165, 1.54) is 19.5 Å². The van der Waals surface area contributed by atoms with E-state index in [1.54, 1.807) is 18.2 Å². The maximum atomic E-state index is 13.6. The van der Waals surface area contributed by atoms with E-state index in [1.807, 2.05) is 0 Å². The molecule has 0 amide bonds. The summed E-state index contributed by atoms with van der Waals surface area (Å²) in [5.41, 5.74) is -0.0584. The zero-order chi connectivity index (χ0) is 13.4. The van der Waals surface area contributed by atoms with E-state index in [0.717, 1.165) is 0 Å². The topological polar surface area (TPSA) is 68.1 Å². The number of furan rings is 1. The molecule has 1 N–H and O–H groups in total. The number of H-pyrrole nitrogens is 1. The molecule has 1 aromatic carbocycles. The van der Waals surface area contributed by atoms with Crippen LogP contribution in [0.3, 0.4) is 0 Å². The number of nitrogens with one attached hydrogen (secondary N) is 1. The molecule has 0 unspecified atom stereocenters. The van der Waals surface area contributed by atoms with Crippen LogP contribution >= 0.6 is 0 Å². The molecule has 5 nitrogen and oxygen atoms in total. The van der Waals surface area contributed by atoms with Gasteiger partial charge in [-0.3, -0.25) is 4.79 Å². The number of ether oxygens (including phenoxy) is 1. The van der Waals surface area contributed by atoms with E-state index in [9.17, 15) is 9.18 Å². The highest BCUT2D eigenvalue weighted by molar-refractivity contribution is 5.83. The lowest BCUT2D eigenvalue weighted by Gasteiger charge is -2.02. The van der Waals surface area contributed by atoms with Gasteiger partial charge in [-0.15, -0.1) is 0 Å². The van der Waals surface area contributed by atoms with E-state index in [0.29, 0.717) is 5.39 Å². The van der Waals surface area contributed by atoms with Crippen LogP contribution in [0.25, 0.3) is 22.4 Å². The van der Waals surface area contributed by atoms with Gasteiger partial charge in [0.1, 0.15) is 0 Å². The van der Waals surface area contributed by atoms with Crippen LogP contribution in [0.15, 0.2) is 39.8 Å². The average Bonchev–Trinajstić information content (AvgIpc) is 2.84. The quantitative estimate of drug-likeness (QED) is 0.767. The third-order valence-corrected chi connectivity index (χ3v) is 2.74. The van der Waals surface area contributed by atoms with E-state index in [-0.39, 0.29) is 22.8 Å². The first-order chi connectivity index (χ1) is 9.20. The zero-order valence-corrected chi connectivity index (χ0v) is 9.94. The monoisotopic (exact) mass is 260 g/mol. The van der Waals surface area contributed by atoms with Crippen molar-refractivity contribution in [2.24, 2.45) is 0 Å². The first kappa shape index (κ1) is 11.5. The lowest BCUT2D eigenvalue weighted by molar-refractivity contribution is 0.406. The first-order valence-corrected chi connectivity index (χ1v) is 5.51. The van der Waals surface area contributed by atoms with Crippen LogP contribution in [0.4, 0.5) is 4.39 Å². The van der Waals surface area contributed by atoms with Crippen LogP contribution in [0, 0.1) is 5.82 Å². The number of rotatable bonds is 2. The summed E-state index contributed by atoms with van der Waals surface area (Å²) in [5.74, 6) is -0.155. The number of halogens is 1. The number of hydrogen-bond acceptors (Lipinski definition) is 4. The average molecular weight is 260 g/mol. The molecule has 0 saturated carbocycles. The van der Waals surface area contributed by atoms with Crippen molar-refractivity contribution in [2.75, 3.05) is 7.11 Å². The fourth-order valence-corrected chi connectivity index (χ4v) is 1.90. The van der Waals surface area contributed by atoms with Gasteiger partial charge in [0.2, 0.25) is 5.75 Å². The predicted octanol–water partition coefficient (Wildman–Crippen LogP) is 2.33. The summed E-state index contributed by atoms with van der Waals surface area (Å²) in [5, 5.41) is 0.596. The zero-order valence-electron chi connectivity index (χ0n) is 9.94. The Morgan fingerprint density at radius 1 is 1.42 bits per heavy atom. The Balaban J connectivity index is 2.28. The van der Waals surface area contributed by atoms with Gasteiger partial charge in [-0.25, -0.2) is 9.37 Å². The van der Waals surface area contributed by atoms with Gasteiger partial charge in [-0.05, 0) is 12.1 Å². The molecule has 3 aromatic rings. The van der Waals surface area contributed by atoms with Crippen molar-refractivity contribution in [3.63, 3.8) is 0 Å². The van der Waals surface area contributed by atoms with Crippen molar-refractivity contribution in [2.45, 2.75) is 0 Å². The number of aromatic nitrogens is 2. The van der Waals surface area contributed by atoms with Crippen LogP contribution in [0.2, 0.25) is 0 Å². The third kappa shape index (κ3) is 1.77. The van der Waals surface area contributed by atoms with Gasteiger partial charge in [0.05, 0.1) is 13.4 Å². The minimum atomic E-state index is -0.465. The summed E-state index contributed by atoms with van der Waals surface area (Å²) in [7, 11) is 1.36. The van der Waals surface area contributed by atoms with Crippen molar-refractivity contribution < 1.29 is 13.5 Å². The minimum Gasteiger partial charge on any atom is -0.489 e. The summed E-state index contributed by atoms with van der Waals surface area (Å²) in [6.45, 7) is 0. The van der Waals surface area contributed by atoms with Crippen molar-refractivity contribution in [3.8, 4) is 17.2 Å². The molecule has 2 aromatic heterocycles. The summed E-state index contributed by atoms with van der Waals surface area (Å²) in [4.78, 5) is 18.0. The molecule has 0 fully saturated rings. The van der Waals surface area contributed by atoms with Gasteiger partial charge in [-0.1, -0.05) is 12.1 Å².